The number of carbonyl (C=O) groups is 2. The lowest BCUT2D eigenvalue weighted by atomic mass is 10.2. The number of hydrogen-bond donors (Lipinski definition) is 2. The number of thioether (sulfide) groups is 1. The molecule has 2 aromatic carbocycles. The predicted octanol–water partition coefficient (Wildman–Crippen LogP) is 3.64. The van der Waals surface area contributed by atoms with Crippen molar-refractivity contribution in [2.24, 2.45) is 0 Å². The molecule has 1 aliphatic rings. The van der Waals surface area contributed by atoms with Crippen LogP contribution in [-0.2, 0) is 4.79 Å². The van der Waals surface area contributed by atoms with Crippen molar-refractivity contribution in [2.75, 3.05) is 22.5 Å². The molecule has 2 aromatic rings. The number of benzene rings is 2. The van der Waals surface area contributed by atoms with Gasteiger partial charge in [-0.25, -0.2) is 4.79 Å². The van der Waals surface area contributed by atoms with Gasteiger partial charge in [0, 0.05) is 22.8 Å². The molecule has 0 spiro atoms. The van der Waals surface area contributed by atoms with Gasteiger partial charge >= 0.3 is 6.03 Å². The molecular weight excluding hydrogens is 334 g/mol. The zero-order valence-corrected chi connectivity index (χ0v) is 15.1. The highest BCUT2D eigenvalue weighted by molar-refractivity contribution is 8.00. The molecule has 0 bridgehead atoms. The molecule has 0 aliphatic carbocycles. The normalized spacial score (nSPS) is 16.6. The van der Waals surface area contributed by atoms with Crippen molar-refractivity contribution in [1.82, 2.24) is 5.32 Å². The van der Waals surface area contributed by atoms with E-state index < -0.39 is 0 Å². The Labute approximate surface area is 151 Å². The van der Waals surface area contributed by atoms with Gasteiger partial charge in [0.25, 0.3) is 0 Å². The summed E-state index contributed by atoms with van der Waals surface area (Å²) in [6, 6.07) is 15.4. The van der Waals surface area contributed by atoms with Crippen LogP contribution in [0.1, 0.15) is 12.5 Å². The number of urea groups is 1. The fraction of sp³-hybridized carbons (Fsp3) is 0.263. The molecular formula is C19H21N3O2S. The second-order valence-electron chi connectivity index (χ2n) is 6.06. The van der Waals surface area contributed by atoms with Gasteiger partial charge in [0.15, 0.2) is 0 Å². The van der Waals surface area contributed by atoms with Crippen LogP contribution in [0.25, 0.3) is 0 Å². The van der Waals surface area contributed by atoms with E-state index in [4.69, 9.17) is 0 Å². The second kappa shape index (κ2) is 7.61. The number of aryl methyl sites for hydroxylation is 1. The third-order valence-corrected chi connectivity index (χ3v) is 5.24. The van der Waals surface area contributed by atoms with E-state index in [-0.39, 0.29) is 18.0 Å². The molecule has 3 rings (SSSR count). The molecule has 1 fully saturated rings. The third kappa shape index (κ3) is 4.14. The third-order valence-electron chi connectivity index (χ3n) is 4.07. The summed E-state index contributed by atoms with van der Waals surface area (Å²) in [6.45, 7) is 4.65. The Balaban J connectivity index is 1.63. The van der Waals surface area contributed by atoms with Crippen LogP contribution in [0.2, 0.25) is 0 Å². The average molecular weight is 355 g/mol. The largest absolute Gasteiger partial charge is 0.336 e. The molecule has 1 unspecified atom stereocenters. The standard InChI is InChI=1S/C19H21N3O2S/c1-13-6-3-4-9-17(13)25-12-18(23)21-15-7-5-8-16(10-15)22-14(2)11-20-19(22)24/h3-10,14H,11-12H2,1-2H3,(H,20,24)(H,21,23). The molecule has 0 saturated carbocycles. The minimum absolute atomic E-state index is 0.0654. The van der Waals surface area contributed by atoms with Gasteiger partial charge in [-0.05, 0) is 43.7 Å². The highest BCUT2D eigenvalue weighted by atomic mass is 32.2. The monoisotopic (exact) mass is 355 g/mol. The van der Waals surface area contributed by atoms with Crippen molar-refractivity contribution >= 4 is 35.1 Å². The first-order valence-electron chi connectivity index (χ1n) is 8.20. The molecule has 6 heteroatoms. The van der Waals surface area contributed by atoms with Crippen molar-refractivity contribution in [3.63, 3.8) is 0 Å². The fourth-order valence-corrected chi connectivity index (χ4v) is 3.60. The van der Waals surface area contributed by atoms with Crippen LogP contribution >= 0.6 is 11.8 Å². The zero-order valence-electron chi connectivity index (χ0n) is 14.3. The van der Waals surface area contributed by atoms with E-state index in [1.54, 1.807) is 4.90 Å². The van der Waals surface area contributed by atoms with E-state index >= 15 is 0 Å². The van der Waals surface area contributed by atoms with Crippen LogP contribution in [0.3, 0.4) is 0 Å². The van der Waals surface area contributed by atoms with Crippen molar-refractivity contribution in [2.45, 2.75) is 24.8 Å². The number of nitrogens with zero attached hydrogens (tertiary/aromatic N) is 1. The van der Waals surface area contributed by atoms with Gasteiger partial charge in [0.2, 0.25) is 5.91 Å². The van der Waals surface area contributed by atoms with Gasteiger partial charge in [-0.2, -0.15) is 0 Å². The molecule has 1 aliphatic heterocycles. The van der Waals surface area contributed by atoms with Crippen LogP contribution in [0, 0.1) is 6.92 Å². The minimum atomic E-state index is -0.105. The molecule has 1 saturated heterocycles. The van der Waals surface area contributed by atoms with Crippen LogP contribution < -0.4 is 15.5 Å². The first-order chi connectivity index (χ1) is 12.0. The van der Waals surface area contributed by atoms with Crippen LogP contribution in [0.4, 0.5) is 16.2 Å². The van der Waals surface area contributed by atoms with E-state index in [9.17, 15) is 9.59 Å². The van der Waals surface area contributed by atoms with Crippen molar-refractivity contribution in [3.05, 3.63) is 54.1 Å². The lowest BCUT2D eigenvalue weighted by Gasteiger charge is -2.20. The summed E-state index contributed by atoms with van der Waals surface area (Å²) in [7, 11) is 0. The van der Waals surface area contributed by atoms with Crippen molar-refractivity contribution in [3.8, 4) is 0 Å². The van der Waals surface area contributed by atoms with Gasteiger partial charge in [0.1, 0.15) is 0 Å². The number of anilines is 2. The summed E-state index contributed by atoms with van der Waals surface area (Å²) in [5, 5.41) is 5.73. The number of hydrogen-bond acceptors (Lipinski definition) is 3. The number of rotatable bonds is 5. The summed E-state index contributed by atoms with van der Waals surface area (Å²) < 4.78 is 0. The Hall–Kier alpha value is -2.47. The van der Waals surface area contributed by atoms with E-state index in [0.29, 0.717) is 18.0 Å². The van der Waals surface area contributed by atoms with Crippen molar-refractivity contribution in [1.29, 1.82) is 0 Å². The Morgan fingerprint density at radius 1 is 1.28 bits per heavy atom. The predicted molar refractivity (Wildman–Crippen MR) is 102 cm³/mol. The summed E-state index contributed by atoms with van der Waals surface area (Å²) in [5.74, 6) is 0.278. The molecule has 5 nitrogen and oxygen atoms in total. The van der Waals surface area contributed by atoms with E-state index in [0.717, 1.165) is 16.1 Å². The van der Waals surface area contributed by atoms with Crippen LogP contribution in [0.15, 0.2) is 53.4 Å². The van der Waals surface area contributed by atoms with Gasteiger partial charge < -0.3 is 10.6 Å². The molecule has 25 heavy (non-hydrogen) atoms. The average Bonchev–Trinajstić information content (AvgIpc) is 2.93. The highest BCUT2D eigenvalue weighted by Gasteiger charge is 2.28. The van der Waals surface area contributed by atoms with Crippen LogP contribution in [-0.4, -0.2) is 30.3 Å². The van der Waals surface area contributed by atoms with Gasteiger partial charge in [0.05, 0.1) is 11.8 Å². The molecule has 130 valence electrons. The van der Waals surface area contributed by atoms with E-state index in [1.165, 1.54) is 11.8 Å². The molecule has 1 atom stereocenters. The highest BCUT2D eigenvalue weighted by Crippen LogP contribution is 2.25. The maximum atomic E-state index is 12.2. The van der Waals surface area contributed by atoms with Crippen molar-refractivity contribution < 1.29 is 9.59 Å². The van der Waals surface area contributed by atoms with Crippen LogP contribution in [0.5, 0.6) is 0 Å². The number of nitrogens with one attached hydrogen (secondary N) is 2. The Bertz CT molecular complexity index is 794. The Morgan fingerprint density at radius 3 is 2.80 bits per heavy atom. The van der Waals surface area contributed by atoms with E-state index in [1.807, 2.05) is 62.4 Å². The first-order valence-corrected chi connectivity index (χ1v) is 9.18. The smallest absolute Gasteiger partial charge is 0.322 e. The second-order valence-corrected chi connectivity index (χ2v) is 7.07. The minimum Gasteiger partial charge on any atom is -0.336 e. The maximum absolute atomic E-state index is 12.2. The summed E-state index contributed by atoms with van der Waals surface area (Å²) in [5.41, 5.74) is 2.64. The SMILES string of the molecule is Cc1ccccc1SCC(=O)Nc1cccc(N2C(=O)NCC2C)c1. The lowest BCUT2D eigenvalue weighted by molar-refractivity contribution is -0.113. The summed E-state index contributed by atoms with van der Waals surface area (Å²) in [4.78, 5) is 27.0. The molecule has 0 aromatic heterocycles. The summed E-state index contributed by atoms with van der Waals surface area (Å²) in [6.07, 6.45) is 0. The number of carbonyl (C=O) groups excluding carboxylic acids is 2. The Morgan fingerprint density at radius 2 is 2.08 bits per heavy atom. The molecule has 3 amide bonds. The Kier molecular flexibility index (Phi) is 5.28. The molecule has 1 heterocycles. The van der Waals surface area contributed by atoms with Gasteiger partial charge in [-0.3, -0.25) is 9.69 Å². The fourth-order valence-electron chi connectivity index (χ4n) is 2.78. The number of amides is 3. The quantitative estimate of drug-likeness (QED) is 0.805. The maximum Gasteiger partial charge on any atom is 0.322 e. The van der Waals surface area contributed by atoms with E-state index in [2.05, 4.69) is 10.6 Å². The molecule has 2 N–H and O–H groups in total. The summed E-state index contributed by atoms with van der Waals surface area (Å²) >= 11 is 1.52. The lowest BCUT2D eigenvalue weighted by Crippen LogP contribution is -2.32. The topological polar surface area (TPSA) is 61.4 Å². The van der Waals surface area contributed by atoms with Gasteiger partial charge in [-0.1, -0.05) is 24.3 Å². The van der Waals surface area contributed by atoms with Gasteiger partial charge in [-0.15, -0.1) is 11.8 Å². The first kappa shape index (κ1) is 17.4. The molecule has 0 radical (unpaired) electrons. The zero-order chi connectivity index (χ0) is 17.8.